The Morgan fingerprint density at radius 1 is 1.50 bits per heavy atom. The predicted octanol–water partition coefficient (Wildman–Crippen LogP) is 2.81. The minimum Gasteiger partial charge on any atom is -0.467 e. The molecular weight excluding hydrogens is 272 g/mol. The van der Waals surface area contributed by atoms with Gasteiger partial charge in [-0.1, -0.05) is 6.07 Å². The monoisotopic (exact) mass is 290 g/mol. The molecule has 0 N–H and O–H groups in total. The second-order valence-corrected chi connectivity index (χ2v) is 5.54. The third-order valence-corrected chi connectivity index (χ3v) is 4.40. The number of ether oxygens (including phenoxy) is 1. The van der Waals surface area contributed by atoms with Gasteiger partial charge in [0.15, 0.2) is 0 Å². The number of hydrogen-bond acceptors (Lipinski definition) is 5. The number of methoxy groups -OCH3 is 1. The molecule has 0 aliphatic carbocycles. The van der Waals surface area contributed by atoms with E-state index >= 15 is 0 Å². The van der Waals surface area contributed by atoms with E-state index in [9.17, 15) is 10.1 Å². The number of carbonyl (C=O) groups excluding carboxylic acids is 1. The molecule has 0 bridgehead atoms. The maximum Gasteiger partial charge on any atom is 0.328 e. The van der Waals surface area contributed by atoms with Crippen LogP contribution in [0.3, 0.4) is 0 Å². The molecule has 1 aromatic carbocycles. The molecule has 0 spiro atoms. The van der Waals surface area contributed by atoms with E-state index in [4.69, 9.17) is 4.74 Å². The van der Waals surface area contributed by atoms with Crippen molar-refractivity contribution in [2.75, 3.05) is 24.8 Å². The quantitative estimate of drug-likeness (QED) is 0.633. The summed E-state index contributed by atoms with van der Waals surface area (Å²) in [5.41, 5.74) is 1.49. The molecular formula is C15H18N2O2S. The van der Waals surface area contributed by atoms with E-state index < -0.39 is 0 Å². The largest absolute Gasteiger partial charge is 0.467 e. The molecule has 0 aromatic heterocycles. The van der Waals surface area contributed by atoms with E-state index in [-0.39, 0.29) is 12.0 Å². The molecule has 1 heterocycles. The fraction of sp³-hybridized carbons (Fsp3) is 0.467. The Kier molecular flexibility index (Phi) is 4.91. The van der Waals surface area contributed by atoms with Crippen LogP contribution < -0.4 is 4.90 Å². The van der Waals surface area contributed by atoms with Gasteiger partial charge in [-0.2, -0.15) is 5.26 Å². The highest BCUT2D eigenvalue weighted by Crippen LogP contribution is 2.33. The summed E-state index contributed by atoms with van der Waals surface area (Å²) in [7, 11) is 1.42. The molecule has 1 fully saturated rings. The fourth-order valence-electron chi connectivity index (χ4n) is 2.64. The Bertz CT molecular complexity index is 539. The SMILES string of the molecule is COC(=O)C1CCCCN1c1cccc(SC)c1C#N. The molecule has 0 saturated carbocycles. The normalized spacial score (nSPS) is 18.4. The van der Waals surface area contributed by atoms with E-state index in [2.05, 4.69) is 6.07 Å². The summed E-state index contributed by atoms with van der Waals surface area (Å²) in [4.78, 5) is 14.9. The van der Waals surface area contributed by atoms with Crippen molar-refractivity contribution in [1.29, 1.82) is 5.26 Å². The van der Waals surface area contributed by atoms with Crippen LogP contribution in [0.4, 0.5) is 5.69 Å². The number of rotatable bonds is 3. The minimum absolute atomic E-state index is 0.219. The Labute approximate surface area is 123 Å². The molecule has 1 aliphatic rings. The van der Waals surface area contributed by atoms with Gasteiger partial charge in [-0.25, -0.2) is 4.79 Å². The number of thioether (sulfide) groups is 1. The van der Waals surface area contributed by atoms with Crippen molar-refractivity contribution in [1.82, 2.24) is 0 Å². The molecule has 1 aliphatic heterocycles. The van der Waals surface area contributed by atoms with Gasteiger partial charge in [0.05, 0.1) is 18.4 Å². The Morgan fingerprint density at radius 3 is 2.95 bits per heavy atom. The molecule has 2 rings (SSSR count). The van der Waals surface area contributed by atoms with Crippen molar-refractivity contribution in [2.45, 2.75) is 30.2 Å². The summed E-state index contributed by atoms with van der Waals surface area (Å²) < 4.78 is 4.90. The highest BCUT2D eigenvalue weighted by molar-refractivity contribution is 7.98. The van der Waals surface area contributed by atoms with Gasteiger partial charge in [-0.15, -0.1) is 11.8 Å². The number of esters is 1. The number of anilines is 1. The van der Waals surface area contributed by atoms with E-state index in [1.54, 1.807) is 11.8 Å². The molecule has 0 amide bonds. The van der Waals surface area contributed by atoms with Gasteiger partial charge >= 0.3 is 5.97 Å². The predicted molar refractivity (Wildman–Crippen MR) is 79.9 cm³/mol. The van der Waals surface area contributed by atoms with Crippen molar-refractivity contribution in [2.24, 2.45) is 0 Å². The number of nitrogens with zero attached hydrogens (tertiary/aromatic N) is 2. The van der Waals surface area contributed by atoms with Crippen LogP contribution in [0.2, 0.25) is 0 Å². The smallest absolute Gasteiger partial charge is 0.328 e. The highest BCUT2D eigenvalue weighted by atomic mass is 32.2. The number of benzene rings is 1. The molecule has 1 saturated heterocycles. The standard InChI is InChI=1S/C15H18N2O2S/c1-19-15(18)13-6-3-4-9-17(13)12-7-5-8-14(20-2)11(12)10-16/h5,7-8,13H,3-4,6,9H2,1-2H3. The van der Waals surface area contributed by atoms with Gasteiger partial charge in [-0.3, -0.25) is 0 Å². The first kappa shape index (κ1) is 14.7. The van der Waals surface area contributed by atoms with Crippen LogP contribution in [-0.4, -0.2) is 31.9 Å². The topological polar surface area (TPSA) is 53.3 Å². The lowest BCUT2D eigenvalue weighted by Gasteiger charge is -2.36. The van der Waals surface area contributed by atoms with E-state index in [1.165, 1.54) is 7.11 Å². The van der Waals surface area contributed by atoms with Crippen LogP contribution in [0.1, 0.15) is 24.8 Å². The average Bonchev–Trinajstić information content (AvgIpc) is 2.53. The first-order chi connectivity index (χ1) is 9.72. The average molecular weight is 290 g/mol. The van der Waals surface area contributed by atoms with Crippen LogP contribution >= 0.6 is 11.8 Å². The zero-order chi connectivity index (χ0) is 14.5. The lowest BCUT2D eigenvalue weighted by Crippen LogP contribution is -2.45. The molecule has 20 heavy (non-hydrogen) atoms. The van der Waals surface area contributed by atoms with Crippen molar-refractivity contribution in [3.05, 3.63) is 23.8 Å². The molecule has 106 valence electrons. The summed E-state index contributed by atoms with van der Waals surface area (Å²) in [5, 5.41) is 9.44. The van der Waals surface area contributed by atoms with Crippen LogP contribution in [0.25, 0.3) is 0 Å². The first-order valence-electron chi connectivity index (χ1n) is 6.64. The van der Waals surface area contributed by atoms with Crippen LogP contribution in [-0.2, 0) is 9.53 Å². The summed E-state index contributed by atoms with van der Waals surface area (Å²) in [6, 6.07) is 7.78. The fourth-order valence-corrected chi connectivity index (χ4v) is 3.21. The van der Waals surface area contributed by atoms with Crippen molar-refractivity contribution in [3.63, 3.8) is 0 Å². The molecule has 1 aromatic rings. The lowest BCUT2D eigenvalue weighted by atomic mass is 10.00. The van der Waals surface area contributed by atoms with Crippen molar-refractivity contribution < 1.29 is 9.53 Å². The highest BCUT2D eigenvalue weighted by Gasteiger charge is 2.31. The van der Waals surface area contributed by atoms with Gasteiger partial charge in [0.1, 0.15) is 12.1 Å². The molecule has 4 nitrogen and oxygen atoms in total. The van der Waals surface area contributed by atoms with Gasteiger partial charge in [0.25, 0.3) is 0 Å². The maximum atomic E-state index is 12.0. The van der Waals surface area contributed by atoms with E-state index in [1.807, 2.05) is 29.4 Å². The Hall–Kier alpha value is -1.67. The van der Waals surface area contributed by atoms with Gasteiger partial charge in [-0.05, 0) is 37.7 Å². The minimum atomic E-state index is -0.280. The summed E-state index contributed by atoms with van der Waals surface area (Å²) >= 11 is 1.55. The van der Waals surface area contributed by atoms with Gasteiger partial charge in [0, 0.05) is 11.4 Å². The maximum absolute atomic E-state index is 12.0. The number of hydrogen-bond donors (Lipinski definition) is 0. The number of piperidine rings is 1. The van der Waals surface area contributed by atoms with Crippen molar-refractivity contribution >= 4 is 23.4 Å². The second-order valence-electron chi connectivity index (χ2n) is 4.69. The molecule has 0 radical (unpaired) electrons. The first-order valence-corrected chi connectivity index (χ1v) is 7.87. The lowest BCUT2D eigenvalue weighted by molar-refractivity contribution is -0.142. The third-order valence-electron chi connectivity index (χ3n) is 3.62. The van der Waals surface area contributed by atoms with E-state index in [0.717, 1.165) is 36.4 Å². The molecule has 5 heteroatoms. The second kappa shape index (κ2) is 6.67. The summed E-state index contributed by atoms with van der Waals surface area (Å²) in [6.07, 6.45) is 4.78. The number of nitriles is 1. The summed E-state index contributed by atoms with van der Waals surface area (Å²) in [5.74, 6) is -0.219. The Morgan fingerprint density at radius 2 is 2.30 bits per heavy atom. The molecule has 1 unspecified atom stereocenters. The van der Waals surface area contributed by atoms with Crippen molar-refractivity contribution in [3.8, 4) is 6.07 Å². The van der Waals surface area contributed by atoms with Gasteiger partial charge < -0.3 is 9.64 Å². The third kappa shape index (κ3) is 2.75. The zero-order valence-electron chi connectivity index (χ0n) is 11.8. The Balaban J connectivity index is 2.43. The number of carbonyl (C=O) groups is 1. The van der Waals surface area contributed by atoms with Crippen LogP contribution in [0.5, 0.6) is 0 Å². The van der Waals surface area contributed by atoms with Gasteiger partial charge in [0.2, 0.25) is 0 Å². The van der Waals surface area contributed by atoms with Crippen LogP contribution in [0.15, 0.2) is 23.1 Å². The van der Waals surface area contributed by atoms with Crippen LogP contribution in [0, 0.1) is 11.3 Å². The molecule has 1 atom stereocenters. The summed E-state index contributed by atoms with van der Waals surface area (Å²) in [6.45, 7) is 0.784. The van der Waals surface area contributed by atoms with E-state index in [0.29, 0.717) is 5.56 Å². The zero-order valence-corrected chi connectivity index (χ0v) is 12.6.